The molecule has 1 unspecified atom stereocenters. The Kier molecular flexibility index (Phi) is 5.03. The molecular formula is C12H14O4S. The lowest BCUT2D eigenvalue weighted by Crippen LogP contribution is -2.12. The van der Waals surface area contributed by atoms with Crippen LogP contribution in [0.3, 0.4) is 0 Å². The van der Waals surface area contributed by atoms with Crippen LogP contribution in [-0.4, -0.2) is 25.3 Å². The molecule has 92 valence electrons. The van der Waals surface area contributed by atoms with E-state index in [2.05, 4.69) is 4.74 Å². The molecular weight excluding hydrogens is 240 g/mol. The van der Waals surface area contributed by atoms with Gasteiger partial charge in [-0.15, -0.1) is 0 Å². The first-order chi connectivity index (χ1) is 8.08. The van der Waals surface area contributed by atoms with E-state index in [-0.39, 0.29) is 5.12 Å². The summed E-state index contributed by atoms with van der Waals surface area (Å²) < 4.78 is 9.71. The first kappa shape index (κ1) is 13.6. The minimum Gasteiger partial charge on any atom is -0.497 e. The van der Waals surface area contributed by atoms with Crippen LogP contribution in [0.5, 0.6) is 5.75 Å². The zero-order valence-electron chi connectivity index (χ0n) is 9.93. The molecule has 1 aromatic carbocycles. The van der Waals surface area contributed by atoms with E-state index in [0.717, 1.165) is 17.3 Å². The normalized spacial score (nSPS) is 11.7. The van der Waals surface area contributed by atoms with Crippen LogP contribution in [0.1, 0.15) is 17.7 Å². The van der Waals surface area contributed by atoms with Crippen LogP contribution in [0.2, 0.25) is 0 Å². The Labute approximate surface area is 104 Å². The zero-order chi connectivity index (χ0) is 12.8. The summed E-state index contributed by atoms with van der Waals surface area (Å²) >= 11 is 0.945. The largest absolute Gasteiger partial charge is 0.497 e. The second-order valence-corrected chi connectivity index (χ2v) is 4.57. The predicted octanol–water partition coefficient (Wildman–Crippen LogP) is 2.19. The van der Waals surface area contributed by atoms with Crippen LogP contribution in [0.15, 0.2) is 24.3 Å². The molecule has 0 heterocycles. The highest BCUT2D eigenvalue weighted by Gasteiger charge is 2.23. The lowest BCUT2D eigenvalue weighted by atomic mass is 10.1. The summed E-state index contributed by atoms with van der Waals surface area (Å²) in [6.45, 7) is 1.42. The molecule has 0 bridgehead atoms. The molecule has 17 heavy (non-hydrogen) atoms. The Balaban J connectivity index is 2.95. The highest BCUT2D eigenvalue weighted by atomic mass is 32.2. The van der Waals surface area contributed by atoms with Gasteiger partial charge in [0.25, 0.3) is 0 Å². The van der Waals surface area contributed by atoms with Crippen molar-refractivity contribution >= 4 is 22.8 Å². The minimum absolute atomic E-state index is 0.129. The van der Waals surface area contributed by atoms with Crippen molar-refractivity contribution in [1.29, 1.82) is 0 Å². The van der Waals surface area contributed by atoms with Crippen molar-refractivity contribution in [3.63, 3.8) is 0 Å². The molecule has 0 radical (unpaired) electrons. The van der Waals surface area contributed by atoms with Gasteiger partial charge in [-0.2, -0.15) is 0 Å². The number of hydrogen-bond acceptors (Lipinski definition) is 5. The first-order valence-corrected chi connectivity index (χ1v) is 5.85. The van der Waals surface area contributed by atoms with Crippen LogP contribution >= 0.6 is 11.8 Å². The van der Waals surface area contributed by atoms with Gasteiger partial charge in [-0.25, -0.2) is 0 Å². The SMILES string of the molecule is COC(=O)C(SC(C)=O)c1ccc(OC)cc1. The van der Waals surface area contributed by atoms with Gasteiger partial charge in [0.05, 0.1) is 14.2 Å². The number of benzene rings is 1. The van der Waals surface area contributed by atoms with Crippen LogP contribution in [0, 0.1) is 0 Å². The molecule has 0 N–H and O–H groups in total. The van der Waals surface area contributed by atoms with Crippen molar-refractivity contribution in [2.45, 2.75) is 12.2 Å². The topological polar surface area (TPSA) is 52.6 Å². The fraction of sp³-hybridized carbons (Fsp3) is 0.333. The van der Waals surface area contributed by atoms with Crippen molar-refractivity contribution in [2.75, 3.05) is 14.2 Å². The second-order valence-electron chi connectivity index (χ2n) is 3.29. The van der Waals surface area contributed by atoms with E-state index in [1.54, 1.807) is 31.4 Å². The lowest BCUT2D eigenvalue weighted by molar-refractivity contribution is -0.140. The van der Waals surface area contributed by atoms with Crippen LogP contribution in [-0.2, 0) is 14.3 Å². The summed E-state index contributed by atoms with van der Waals surface area (Å²) in [6.07, 6.45) is 0. The highest BCUT2D eigenvalue weighted by Crippen LogP contribution is 2.31. The molecule has 1 atom stereocenters. The molecule has 4 nitrogen and oxygen atoms in total. The fourth-order valence-electron chi connectivity index (χ4n) is 1.30. The number of rotatable bonds is 4. The van der Waals surface area contributed by atoms with E-state index in [9.17, 15) is 9.59 Å². The lowest BCUT2D eigenvalue weighted by Gasteiger charge is -2.13. The van der Waals surface area contributed by atoms with E-state index in [1.807, 2.05) is 0 Å². The number of esters is 1. The van der Waals surface area contributed by atoms with Crippen LogP contribution in [0.4, 0.5) is 0 Å². The minimum atomic E-state index is -0.622. The second kappa shape index (κ2) is 6.30. The van der Waals surface area contributed by atoms with Crippen LogP contribution < -0.4 is 4.74 Å². The molecule has 0 aliphatic heterocycles. The van der Waals surface area contributed by atoms with Gasteiger partial charge in [0, 0.05) is 6.92 Å². The Morgan fingerprint density at radius 3 is 2.18 bits per heavy atom. The molecule has 0 aliphatic carbocycles. The average molecular weight is 254 g/mol. The molecule has 0 fully saturated rings. The third-order valence-electron chi connectivity index (χ3n) is 2.12. The maximum atomic E-state index is 11.6. The van der Waals surface area contributed by atoms with Crippen LogP contribution in [0.25, 0.3) is 0 Å². The van der Waals surface area contributed by atoms with Crippen molar-refractivity contribution in [1.82, 2.24) is 0 Å². The van der Waals surface area contributed by atoms with E-state index in [4.69, 9.17) is 4.74 Å². The summed E-state index contributed by atoms with van der Waals surface area (Å²) in [7, 11) is 2.87. The van der Waals surface area contributed by atoms with Gasteiger partial charge < -0.3 is 9.47 Å². The standard InChI is InChI=1S/C12H14O4S/c1-8(13)17-11(12(14)16-3)9-4-6-10(15-2)7-5-9/h4-7,11H,1-3H3. The number of methoxy groups -OCH3 is 2. The molecule has 5 heteroatoms. The van der Waals surface area contributed by atoms with Gasteiger partial charge in [0.2, 0.25) is 0 Å². The van der Waals surface area contributed by atoms with Gasteiger partial charge in [-0.1, -0.05) is 23.9 Å². The Bertz CT molecular complexity index is 399. The van der Waals surface area contributed by atoms with E-state index >= 15 is 0 Å². The zero-order valence-corrected chi connectivity index (χ0v) is 10.7. The first-order valence-electron chi connectivity index (χ1n) is 4.97. The summed E-state index contributed by atoms with van der Waals surface area (Å²) in [4.78, 5) is 22.7. The Morgan fingerprint density at radius 1 is 1.18 bits per heavy atom. The van der Waals surface area contributed by atoms with E-state index in [1.165, 1.54) is 14.0 Å². The maximum Gasteiger partial charge on any atom is 0.323 e. The van der Waals surface area contributed by atoms with Crippen molar-refractivity contribution < 1.29 is 19.1 Å². The molecule has 0 aromatic heterocycles. The molecule has 0 aliphatic rings. The van der Waals surface area contributed by atoms with Gasteiger partial charge in [-0.05, 0) is 17.7 Å². The third kappa shape index (κ3) is 3.78. The summed E-state index contributed by atoms with van der Waals surface area (Å²) in [5, 5.41) is -0.750. The summed E-state index contributed by atoms with van der Waals surface area (Å²) in [5.41, 5.74) is 0.720. The number of carbonyl (C=O) groups excluding carboxylic acids is 2. The molecule has 1 aromatic rings. The Hall–Kier alpha value is -1.49. The number of carbonyl (C=O) groups is 2. The maximum absolute atomic E-state index is 11.6. The molecule has 1 rings (SSSR count). The van der Waals surface area contributed by atoms with Gasteiger partial charge in [0.1, 0.15) is 11.0 Å². The summed E-state index contributed by atoms with van der Waals surface area (Å²) in [6, 6.07) is 6.98. The van der Waals surface area contributed by atoms with Crippen molar-refractivity contribution in [2.24, 2.45) is 0 Å². The fourth-order valence-corrected chi connectivity index (χ4v) is 2.12. The number of ether oxygens (including phenoxy) is 2. The average Bonchev–Trinajstić information content (AvgIpc) is 2.35. The molecule has 0 spiro atoms. The quantitative estimate of drug-likeness (QED) is 0.771. The molecule has 0 amide bonds. The van der Waals surface area contributed by atoms with Gasteiger partial charge >= 0.3 is 5.97 Å². The Morgan fingerprint density at radius 2 is 1.76 bits per heavy atom. The number of hydrogen-bond donors (Lipinski definition) is 0. The van der Waals surface area contributed by atoms with Gasteiger partial charge in [-0.3, -0.25) is 9.59 Å². The number of thioether (sulfide) groups is 1. The van der Waals surface area contributed by atoms with Crippen molar-refractivity contribution in [3.05, 3.63) is 29.8 Å². The monoisotopic (exact) mass is 254 g/mol. The van der Waals surface area contributed by atoms with Crippen molar-refractivity contribution in [3.8, 4) is 5.75 Å². The molecule has 0 saturated carbocycles. The molecule has 0 saturated heterocycles. The third-order valence-corrected chi connectivity index (χ3v) is 3.15. The predicted molar refractivity (Wildman–Crippen MR) is 66.0 cm³/mol. The summed E-state index contributed by atoms with van der Waals surface area (Å²) in [5.74, 6) is 0.264. The van der Waals surface area contributed by atoms with Gasteiger partial charge in [0.15, 0.2) is 5.12 Å². The van der Waals surface area contributed by atoms with E-state index in [0.29, 0.717) is 5.75 Å². The highest BCUT2D eigenvalue weighted by molar-refractivity contribution is 8.14. The smallest absolute Gasteiger partial charge is 0.323 e. The van der Waals surface area contributed by atoms with E-state index < -0.39 is 11.2 Å².